The summed E-state index contributed by atoms with van der Waals surface area (Å²) in [6.07, 6.45) is 7.02. The van der Waals surface area contributed by atoms with Crippen molar-refractivity contribution in [2.75, 3.05) is 13.2 Å². The molecule has 1 atom stereocenters. The average Bonchev–Trinajstić information content (AvgIpc) is 3.07. The maximum atomic E-state index is 12.7. The third-order valence-corrected chi connectivity index (χ3v) is 4.71. The zero-order valence-corrected chi connectivity index (χ0v) is 15.1. The van der Waals surface area contributed by atoms with Crippen LogP contribution in [0.15, 0.2) is 24.3 Å². The maximum Gasteiger partial charge on any atom is 0.328 e. The van der Waals surface area contributed by atoms with Crippen LogP contribution in [0.5, 0.6) is 0 Å². The predicted octanol–water partition coefficient (Wildman–Crippen LogP) is 4.46. The third kappa shape index (κ3) is 4.97. The summed E-state index contributed by atoms with van der Waals surface area (Å²) in [4.78, 5) is 26.6. The number of esters is 1. The van der Waals surface area contributed by atoms with E-state index in [1.54, 1.807) is 29.2 Å². The highest BCUT2D eigenvalue weighted by atomic mass is 35.5. The van der Waals surface area contributed by atoms with Gasteiger partial charge in [0.25, 0.3) is 5.91 Å². The molecule has 1 amide bonds. The van der Waals surface area contributed by atoms with Crippen LogP contribution in [0.4, 0.5) is 0 Å². The van der Waals surface area contributed by atoms with Crippen molar-refractivity contribution in [3.63, 3.8) is 0 Å². The maximum absolute atomic E-state index is 12.7. The molecule has 2 rings (SSSR count). The first-order valence-corrected chi connectivity index (χ1v) is 9.25. The summed E-state index contributed by atoms with van der Waals surface area (Å²) in [5.41, 5.74) is 0.443. The smallest absolute Gasteiger partial charge is 0.328 e. The normalized spacial score (nSPS) is 17.1. The van der Waals surface area contributed by atoms with E-state index in [-0.39, 0.29) is 11.9 Å². The van der Waals surface area contributed by atoms with Crippen LogP contribution < -0.4 is 0 Å². The van der Waals surface area contributed by atoms with E-state index in [0.717, 1.165) is 19.3 Å². The van der Waals surface area contributed by atoms with Crippen molar-refractivity contribution in [2.45, 2.75) is 57.9 Å². The van der Waals surface area contributed by atoms with Crippen molar-refractivity contribution in [2.24, 2.45) is 0 Å². The van der Waals surface area contributed by atoms with Gasteiger partial charge in [-0.1, -0.05) is 56.3 Å². The van der Waals surface area contributed by atoms with Crippen LogP contribution in [0, 0.1) is 0 Å². The SMILES string of the molecule is CCCCCCCOC(=O)C1CCCN1C(=O)c1ccccc1Cl. The summed E-state index contributed by atoms with van der Waals surface area (Å²) in [6, 6.07) is 6.46. The minimum atomic E-state index is -0.482. The van der Waals surface area contributed by atoms with E-state index in [1.165, 1.54) is 19.3 Å². The van der Waals surface area contributed by atoms with E-state index in [2.05, 4.69) is 6.92 Å². The number of hydrogen-bond donors (Lipinski definition) is 0. The van der Waals surface area contributed by atoms with Crippen LogP contribution in [0.3, 0.4) is 0 Å². The van der Waals surface area contributed by atoms with Gasteiger partial charge in [0.15, 0.2) is 0 Å². The molecule has 0 radical (unpaired) electrons. The summed E-state index contributed by atoms with van der Waals surface area (Å²) in [6.45, 7) is 3.18. The Labute approximate surface area is 149 Å². The molecule has 0 aliphatic carbocycles. The highest BCUT2D eigenvalue weighted by Gasteiger charge is 2.36. The van der Waals surface area contributed by atoms with Gasteiger partial charge in [-0.15, -0.1) is 0 Å². The van der Waals surface area contributed by atoms with Gasteiger partial charge in [-0.05, 0) is 31.4 Å². The Morgan fingerprint density at radius 3 is 2.71 bits per heavy atom. The molecule has 1 unspecified atom stereocenters. The summed E-state index contributed by atoms with van der Waals surface area (Å²) in [5.74, 6) is -0.480. The number of rotatable bonds is 8. The molecule has 24 heavy (non-hydrogen) atoms. The molecule has 0 N–H and O–H groups in total. The fourth-order valence-electron chi connectivity index (χ4n) is 3.02. The van der Waals surface area contributed by atoms with Crippen LogP contribution in [-0.4, -0.2) is 36.0 Å². The Hall–Kier alpha value is -1.55. The van der Waals surface area contributed by atoms with Crippen molar-refractivity contribution in [3.05, 3.63) is 34.9 Å². The lowest BCUT2D eigenvalue weighted by Crippen LogP contribution is -2.41. The van der Waals surface area contributed by atoms with Gasteiger partial charge < -0.3 is 9.64 Å². The molecule has 0 aromatic heterocycles. The fourth-order valence-corrected chi connectivity index (χ4v) is 3.24. The highest BCUT2D eigenvalue weighted by Crippen LogP contribution is 2.24. The zero-order chi connectivity index (χ0) is 17.4. The molecule has 132 valence electrons. The summed E-state index contributed by atoms with van der Waals surface area (Å²) >= 11 is 6.11. The minimum Gasteiger partial charge on any atom is -0.464 e. The Kier molecular flexibility index (Phi) is 7.57. The molecule has 1 aromatic carbocycles. The van der Waals surface area contributed by atoms with Crippen molar-refractivity contribution >= 4 is 23.5 Å². The van der Waals surface area contributed by atoms with E-state index in [1.807, 2.05) is 0 Å². The molecule has 0 spiro atoms. The van der Waals surface area contributed by atoms with Crippen LogP contribution in [0.1, 0.15) is 62.2 Å². The van der Waals surface area contributed by atoms with Gasteiger partial charge in [0.1, 0.15) is 6.04 Å². The second-order valence-electron chi connectivity index (χ2n) is 6.22. The second kappa shape index (κ2) is 9.67. The molecule has 1 aromatic rings. The largest absolute Gasteiger partial charge is 0.464 e. The fraction of sp³-hybridized carbons (Fsp3) is 0.579. The number of unbranched alkanes of at least 4 members (excludes halogenated alkanes) is 4. The van der Waals surface area contributed by atoms with Gasteiger partial charge in [0, 0.05) is 6.54 Å². The van der Waals surface area contributed by atoms with Crippen molar-refractivity contribution in [1.82, 2.24) is 4.90 Å². The Balaban J connectivity index is 1.87. The van der Waals surface area contributed by atoms with Crippen LogP contribution in [0.25, 0.3) is 0 Å². The lowest BCUT2D eigenvalue weighted by Gasteiger charge is -2.23. The van der Waals surface area contributed by atoms with Gasteiger partial charge in [0.05, 0.1) is 17.2 Å². The lowest BCUT2D eigenvalue weighted by molar-refractivity contribution is -0.148. The molecule has 1 heterocycles. The summed E-state index contributed by atoms with van der Waals surface area (Å²) in [5, 5.41) is 0.414. The number of carbonyl (C=O) groups is 2. The number of benzene rings is 1. The van der Waals surface area contributed by atoms with Gasteiger partial charge >= 0.3 is 5.97 Å². The monoisotopic (exact) mass is 351 g/mol. The van der Waals surface area contributed by atoms with Gasteiger partial charge in [-0.25, -0.2) is 4.79 Å². The van der Waals surface area contributed by atoms with E-state index in [4.69, 9.17) is 16.3 Å². The first kappa shape index (κ1) is 18.8. The number of carbonyl (C=O) groups excluding carboxylic acids is 2. The minimum absolute atomic E-state index is 0.192. The van der Waals surface area contributed by atoms with Gasteiger partial charge in [0.2, 0.25) is 0 Å². The summed E-state index contributed by atoms with van der Waals surface area (Å²) in [7, 11) is 0. The summed E-state index contributed by atoms with van der Waals surface area (Å²) < 4.78 is 5.39. The number of likely N-dealkylation sites (tertiary alicyclic amines) is 1. The molecule has 0 saturated carbocycles. The highest BCUT2D eigenvalue weighted by molar-refractivity contribution is 6.33. The molecule has 1 fully saturated rings. The number of ether oxygens (including phenoxy) is 1. The van der Waals surface area contributed by atoms with Crippen molar-refractivity contribution in [1.29, 1.82) is 0 Å². The number of halogens is 1. The van der Waals surface area contributed by atoms with Crippen LogP contribution in [-0.2, 0) is 9.53 Å². The predicted molar refractivity (Wildman–Crippen MR) is 95.2 cm³/mol. The molecule has 5 heteroatoms. The van der Waals surface area contributed by atoms with Crippen LogP contribution in [0.2, 0.25) is 5.02 Å². The van der Waals surface area contributed by atoms with Crippen molar-refractivity contribution < 1.29 is 14.3 Å². The Morgan fingerprint density at radius 1 is 1.21 bits per heavy atom. The van der Waals surface area contributed by atoms with E-state index >= 15 is 0 Å². The molecule has 4 nitrogen and oxygen atoms in total. The van der Waals surface area contributed by atoms with E-state index in [0.29, 0.717) is 30.2 Å². The van der Waals surface area contributed by atoms with Gasteiger partial charge in [-0.3, -0.25) is 4.79 Å². The van der Waals surface area contributed by atoms with Gasteiger partial charge in [-0.2, -0.15) is 0 Å². The molecule has 0 bridgehead atoms. The number of hydrogen-bond acceptors (Lipinski definition) is 3. The average molecular weight is 352 g/mol. The Morgan fingerprint density at radius 2 is 1.96 bits per heavy atom. The number of amides is 1. The lowest BCUT2D eigenvalue weighted by atomic mass is 10.1. The first-order valence-electron chi connectivity index (χ1n) is 8.87. The molecule has 1 saturated heterocycles. The Bertz CT molecular complexity index is 561. The third-order valence-electron chi connectivity index (χ3n) is 4.38. The van der Waals surface area contributed by atoms with E-state index < -0.39 is 6.04 Å². The molecule has 1 aliphatic rings. The molecular formula is C19H26ClNO3. The standard InChI is InChI=1S/C19H26ClNO3/c1-2-3-4-5-8-14-24-19(23)17-12-9-13-21(17)18(22)15-10-6-7-11-16(15)20/h6-7,10-11,17H,2-5,8-9,12-14H2,1H3. The molecule has 1 aliphatic heterocycles. The first-order chi connectivity index (χ1) is 11.6. The number of nitrogens with zero attached hydrogens (tertiary/aromatic N) is 1. The van der Waals surface area contributed by atoms with E-state index in [9.17, 15) is 9.59 Å². The topological polar surface area (TPSA) is 46.6 Å². The quantitative estimate of drug-likeness (QED) is 0.513. The van der Waals surface area contributed by atoms with Crippen molar-refractivity contribution in [3.8, 4) is 0 Å². The zero-order valence-electron chi connectivity index (χ0n) is 14.3. The van der Waals surface area contributed by atoms with Crippen LogP contribution >= 0.6 is 11.6 Å². The second-order valence-corrected chi connectivity index (χ2v) is 6.63. The molecular weight excluding hydrogens is 326 g/mol.